The number of imide groups is 1. The zero-order valence-corrected chi connectivity index (χ0v) is 13.9. The van der Waals surface area contributed by atoms with Crippen LogP contribution in [0.4, 0.5) is 0 Å². The van der Waals surface area contributed by atoms with Crippen molar-refractivity contribution >= 4 is 33.6 Å². The molecule has 5 rings (SSSR count). The Balaban J connectivity index is 1.83. The van der Waals surface area contributed by atoms with Gasteiger partial charge in [-0.05, 0) is 41.5 Å². The van der Waals surface area contributed by atoms with Crippen molar-refractivity contribution in [3.05, 3.63) is 72.1 Å². The van der Waals surface area contributed by atoms with Crippen LogP contribution in [0.1, 0.15) is 20.7 Å². The fraction of sp³-hybridized carbons (Fsp3) is 0.0476. The quantitative estimate of drug-likeness (QED) is 0.392. The summed E-state index contributed by atoms with van der Waals surface area (Å²) in [5, 5.41) is 1.94. The van der Waals surface area contributed by atoms with Gasteiger partial charge in [0.2, 0.25) is 0 Å². The molecular weight excluding hydrogens is 326 g/mol. The van der Waals surface area contributed by atoms with E-state index in [0.717, 1.165) is 37.8 Å². The van der Waals surface area contributed by atoms with Crippen LogP contribution in [0, 0.1) is 0 Å². The zero-order chi connectivity index (χ0) is 17.8. The van der Waals surface area contributed by atoms with Crippen LogP contribution in [0.15, 0.2) is 60.9 Å². The minimum Gasteiger partial charge on any atom is -0.277 e. The Bertz CT molecular complexity index is 1250. The van der Waals surface area contributed by atoms with Crippen molar-refractivity contribution in [3.63, 3.8) is 0 Å². The summed E-state index contributed by atoms with van der Waals surface area (Å²) in [7, 11) is 1.51. The lowest BCUT2D eigenvalue weighted by atomic mass is 9.95. The van der Waals surface area contributed by atoms with Crippen molar-refractivity contribution in [2.45, 2.75) is 0 Å². The predicted molar refractivity (Wildman–Crippen MR) is 98.9 cm³/mol. The molecule has 0 spiro atoms. The number of carbonyl (C=O) groups excluding carboxylic acids is 2. The number of carbonyl (C=O) groups is 2. The van der Waals surface area contributed by atoms with Gasteiger partial charge in [0.25, 0.3) is 11.8 Å². The highest BCUT2D eigenvalue weighted by Gasteiger charge is 2.32. The number of fused-ring (bicyclic) bond motifs is 4. The van der Waals surface area contributed by atoms with Crippen molar-refractivity contribution < 1.29 is 9.59 Å². The fourth-order valence-electron chi connectivity index (χ4n) is 3.54. The maximum absolute atomic E-state index is 12.3. The first-order chi connectivity index (χ1) is 12.6. The van der Waals surface area contributed by atoms with E-state index in [9.17, 15) is 9.59 Å². The zero-order valence-electron chi connectivity index (χ0n) is 13.9. The highest BCUT2D eigenvalue weighted by Crippen LogP contribution is 2.35. The van der Waals surface area contributed by atoms with Crippen LogP contribution in [-0.2, 0) is 0 Å². The number of amides is 2. The van der Waals surface area contributed by atoms with Crippen molar-refractivity contribution in [3.8, 4) is 11.1 Å². The van der Waals surface area contributed by atoms with Crippen LogP contribution in [0.5, 0.6) is 0 Å². The molecular formula is C21H13N3O2. The van der Waals surface area contributed by atoms with E-state index in [4.69, 9.17) is 0 Å². The number of rotatable bonds is 1. The lowest BCUT2D eigenvalue weighted by Crippen LogP contribution is -2.24. The van der Waals surface area contributed by atoms with Crippen LogP contribution in [0.2, 0.25) is 0 Å². The number of nitrogens with zero attached hydrogens (tertiary/aromatic N) is 3. The summed E-state index contributed by atoms with van der Waals surface area (Å²) in [6, 6.07) is 15.2. The second-order valence-corrected chi connectivity index (χ2v) is 6.33. The van der Waals surface area contributed by atoms with Gasteiger partial charge in [0.15, 0.2) is 0 Å². The average Bonchev–Trinajstić information content (AvgIpc) is 2.91. The molecule has 2 amide bonds. The van der Waals surface area contributed by atoms with Crippen molar-refractivity contribution in [2.24, 2.45) is 0 Å². The topological polar surface area (TPSA) is 63.2 Å². The average molecular weight is 339 g/mol. The first kappa shape index (κ1) is 14.7. The molecule has 2 aromatic heterocycles. The Hall–Kier alpha value is -3.60. The van der Waals surface area contributed by atoms with Crippen LogP contribution < -0.4 is 0 Å². The van der Waals surface area contributed by atoms with E-state index in [1.807, 2.05) is 30.3 Å². The molecule has 1 aliphatic heterocycles. The third-order valence-electron chi connectivity index (χ3n) is 4.86. The lowest BCUT2D eigenvalue weighted by Gasteiger charge is -2.10. The number of hydrogen-bond acceptors (Lipinski definition) is 4. The highest BCUT2D eigenvalue weighted by molar-refractivity contribution is 6.22. The smallest absolute Gasteiger partial charge is 0.261 e. The Morgan fingerprint density at radius 1 is 0.769 bits per heavy atom. The standard InChI is InChI=1S/C21H13N3O2/c1-24-20(25)15-7-6-12(10-17(15)21(24)26)16-11-13-4-2-8-22-18(13)19-14(16)5-3-9-23-19/h2-11H,1H3. The van der Waals surface area contributed by atoms with E-state index in [1.54, 1.807) is 24.5 Å². The number of aromatic nitrogens is 2. The van der Waals surface area contributed by atoms with Crippen LogP contribution >= 0.6 is 0 Å². The molecule has 0 saturated heterocycles. The van der Waals surface area contributed by atoms with E-state index >= 15 is 0 Å². The second kappa shape index (κ2) is 5.20. The summed E-state index contributed by atoms with van der Waals surface area (Å²) in [5.41, 5.74) is 4.40. The molecule has 4 aromatic rings. The van der Waals surface area contributed by atoms with Gasteiger partial charge in [-0.15, -0.1) is 0 Å². The molecule has 0 radical (unpaired) electrons. The highest BCUT2D eigenvalue weighted by atomic mass is 16.2. The van der Waals surface area contributed by atoms with Crippen LogP contribution in [-0.4, -0.2) is 33.7 Å². The monoisotopic (exact) mass is 339 g/mol. The van der Waals surface area contributed by atoms with E-state index in [1.165, 1.54) is 7.05 Å². The Labute approximate surface area is 148 Å². The van der Waals surface area contributed by atoms with Gasteiger partial charge in [0, 0.05) is 30.2 Å². The molecule has 1 aliphatic rings. The summed E-state index contributed by atoms with van der Waals surface area (Å²) in [5.74, 6) is -0.525. The molecule has 0 fully saturated rings. The van der Waals surface area contributed by atoms with E-state index in [2.05, 4.69) is 16.0 Å². The molecule has 0 N–H and O–H groups in total. The number of pyridine rings is 2. The van der Waals surface area contributed by atoms with E-state index in [0.29, 0.717) is 11.1 Å². The third-order valence-corrected chi connectivity index (χ3v) is 4.86. The molecule has 5 nitrogen and oxygen atoms in total. The maximum atomic E-state index is 12.3. The van der Waals surface area contributed by atoms with Gasteiger partial charge in [-0.2, -0.15) is 0 Å². The summed E-state index contributed by atoms with van der Waals surface area (Å²) in [6.45, 7) is 0. The first-order valence-corrected chi connectivity index (χ1v) is 8.24. The Morgan fingerprint density at radius 2 is 1.50 bits per heavy atom. The SMILES string of the molecule is CN1C(=O)c2ccc(-c3cc4cccnc4c4ncccc34)cc2C1=O. The van der Waals surface area contributed by atoms with Crippen molar-refractivity contribution in [2.75, 3.05) is 7.05 Å². The molecule has 26 heavy (non-hydrogen) atoms. The molecule has 2 aromatic carbocycles. The third kappa shape index (κ3) is 1.91. The van der Waals surface area contributed by atoms with Gasteiger partial charge in [-0.3, -0.25) is 24.5 Å². The predicted octanol–water partition coefficient (Wildman–Crippen LogP) is 3.68. The number of benzene rings is 2. The van der Waals surface area contributed by atoms with Crippen LogP contribution in [0.3, 0.4) is 0 Å². The summed E-state index contributed by atoms with van der Waals surface area (Å²) >= 11 is 0. The molecule has 3 heterocycles. The molecule has 124 valence electrons. The molecule has 0 aliphatic carbocycles. The Kier molecular flexibility index (Phi) is 2.94. The van der Waals surface area contributed by atoms with Crippen molar-refractivity contribution in [1.29, 1.82) is 0 Å². The van der Waals surface area contributed by atoms with Gasteiger partial charge in [0.1, 0.15) is 0 Å². The minimum atomic E-state index is -0.267. The molecule has 0 unspecified atom stereocenters. The van der Waals surface area contributed by atoms with Crippen LogP contribution in [0.25, 0.3) is 32.9 Å². The summed E-state index contributed by atoms with van der Waals surface area (Å²) < 4.78 is 0. The van der Waals surface area contributed by atoms with Gasteiger partial charge in [0.05, 0.1) is 22.2 Å². The maximum Gasteiger partial charge on any atom is 0.261 e. The summed E-state index contributed by atoms with van der Waals surface area (Å²) in [4.78, 5) is 34.6. The number of hydrogen-bond donors (Lipinski definition) is 0. The molecule has 0 atom stereocenters. The Morgan fingerprint density at radius 3 is 2.35 bits per heavy atom. The molecule has 0 saturated carbocycles. The molecule has 0 bridgehead atoms. The van der Waals surface area contributed by atoms with Gasteiger partial charge in [-0.25, -0.2) is 0 Å². The van der Waals surface area contributed by atoms with Gasteiger partial charge >= 0.3 is 0 Å². The lowest BCUT2D eigenvalue weighted by molar-refractivity contribution is 0.0693. The normalized spacial score (nSPS) is 13.7. The van der Waals surface area contributed by atoms with E-state index < -0.39 is 0 Å². The molecule has 5 heteroatoms. The second-order valence-electron chi connectivity index (χ2n) is 6.33. The largest absolute Gasteiger partial charge is 0.277 e. The van der Waals surface area contributed by atoms with Crippen molar-refractivity contribution in [1.82, 2.24) is 14.9 Å². The minimum absolute atomic E-state index is 0.259. The van der Waals surface area contributed by atoms with Gasteiger partial charge < -0.3 is 0 Å². The fourth-order valence-corrected chi connectivity index (χ4v) is 3.54. The van der Waals surface area contributed by atoms with E-state index in [-0.39, 0.29) is 11.8 Å². The van der Waals surface area contributed by atoms with Gasteiger partial charge in [-0.1, -0.05) is 18.2 Å². The summed E-state index contributed by atoms with van der Waals surface area (Å²) in [6.07, 6.45) is 3.51. The first-order valence-electron chi connectivity index (χ1n) is 8.24.